The van der Waals surface area contributed by atoms with Crippen LogP contribution in [-0.4, -0.2) is 63.8 Å². The molecule has 0 bridgehead atoms. The molecule has 2 rings (SSSR count). The number of aromatic nitrogens is 2. The predicted octanol–water partition coefficient (Wildman–Crippen LogP) is 3.37. The van der Waals surface area contributed by atoms with Crippen LogP contribution >= 0.6 is 8.53 Å². The first-order valence-corrected chi connectivity index (χ1v) is 12.4. The van der Waals surface area contributed by atoms with Crippen LogP contribution in [0.2, 0.25) is 0 Å². The predicted molar refractivity (Wildman–Crippen MR) is 131 cm³/mol. The number of ether oxygens (including phenoxy) is 2. The molecule has 10 nitrogen and oxygen atoms in total. The highest BCUT2D eigenvalue weighted by molar-refractivity contribution is 7.44. The zero-order valence-electron chi connectivity index (χ0n) is 20.7. The second-order valence-corrected chi connectivity index (χ2v) is 9.76. The minimum atomic E-state index is -1.75. The number of carbonyl (C=O) groups is 1. The largest absolute Gasteiger partial charge is 0.499 e. The van der Waals surface area contributed by atoms with E-state index >= 15 is 4.39 Å². The SMILES string of the molecule is C#CCCOP(OC1C(COC=C)OC(n2ccc(NC(C)=O)nc2=O)C1F)N(C(C)C)C(C)C. The first-order valence-electron chi connectivity index (χ1n) is 11.3. The Morgan fingerprint density at radius 3 is 2.69 bits per heavy atom. The van der Waals surface area contributed by atoms with Crippen LogP contribution in [0.25, 0.3) is 0 Å². The molecular formula is C23H34FN4O6P. The van der Waals surface area contributed by atoms with E-state index in [1.165, 1.54) is 25.4 Å². The van der Waals surface area contributed by atoms with Gasteiger partial charge in [-0.15, -0.1) is 12.3 Å². The molecule has 0 aliphatic carbocycles. The number of terminal acetylenes is 1. The highest BCUT2D eigenvalue weighted by Crippen LogP contribution is 2.50. The fourth-order valence-corrected chi connectivity index (χ4v) is 5.37. The van der Waals surface area contributed by atoms with Crippen molar-refractivity contribution in [2.24, 2.45) is 0 Å². The average molecular weight is 513 g/mol. The normalized spacial score (nSPS) is 22.9. The highest BCUT2D eigenvalue weighted by atomic mass is 31.2. The van der Waals surface area contributed by atoms with E-state index < -0.39 is 38.8 Å². The Balaban J connectivity index is 2.35. The van der Waals surface area contributed by atoms with E-state index in [1.54, 1.807) is 0 Å². The number of hydrogen-bond donors (Lipinski definition) is 1. The third-order valence-corrected chi connectivity index (χ3v) is 7.09. The summed E-state index contributed by atoms with van der Waals surface area (Å²) >= 11 is 0. The topological polar surface area (TPSA) is 104 Å². The third-order valence-electron chi connectivity index (χ3n) is 4.96. The number of halogens is 1. The maximum absolute atomic E-state index is 15.8. The summed E-state index contributed by atoms with van der Waals surface area (Å²) in [7, 11) is -1.72. The van der Waals surface area contributed by atoms with Gasteiger partial charge < -0.3 is 23.8 Å². The van der Waals surface area contributed by atoms with Crippen molar-refractivity contribution in [1.29, 1.82) is 0 Å². The molecule has 194 valence electrons. The van der Waals surface area contributed by atoms with Crippen LogP contribution in [0.1, 0.15) is 47.3 Å². The van der Waals surface area contributed by atoms with Crippen molar-refractivity contribution in [1.82, 2.24) is 14.2 Å². The first-order chi connectivity index (χ1) is 16.6. The number of hydrogen-bond acceptors (Lipinski definition) is 8. The Hall–Kier alpha value is -2.35. The molecule has 0 saturated carbocycles. The van der Waals surface area contributed by atoms with Crippen molar-refractivity contribution in [2.75, 3.05) is 18.5 Å². The van der Waals surface area contributed by atoms with Crippen LogP contribution in [0, 0.1) is 12.3 Å². The molecule has 1 aromatic heterocycles. The molecule has 0 spiro atoms. The van der Waals surface area contributed by atoms with E-state index in [9.17, 15) is 9.59 Å². The van der Waals surface area contributed by atoms with Crippen molar-refractivity contribution in [3.63, 3.8) is 0 Å². The van der Waals surface area contributed by atoms with Crippen molar-refractivity contribution >= 4 is 20.3 Å². The van der Waals surface area contributed by atoms with Crippen LogP contribution in [0.3, 0.4) is 0 Å². The maximum atomic E-state index is 15.8. The summed E-state index contributed by atoms with van der Waals surface area (Å²) in [4.78, 5) is 27.6. The van der Waals surface area contributed by atoms with Crippen molar-refractivity contribution in [2.45, 2.75) is 77.7 Å². The molecule has 1 aromatic rings. The minimum absolute atomic E-state index is 0.0409. The third kappa shape index (κ3) is 7.82. The number of anilines is 1. The van der Waals surface area contributed by atoms with Crippen molar-refractivity contribution < 1.29 is 27.7 Å². The zero-order chi connectivity index (χ0) is 26.1. The summed E-state index contributed by atoms with van der Waals surface area (Å²) in [5, 5.41) is 2.42. The Morgan fingerprint density at radius 2 is 2.14 bits per heavy atom. The number of carbonyl (C=O) groups excluding carboxylic acids is 1. The molecule has 1 aliphatic rings. The second-order valence-electron chi connectivity index (χ2n) is 8.36. The van der Waals surface area contributed by atoms with Gasteiger partial charge in [-0.2, -0.15) is 4.98 Å². The van der Waals surface area contributed by atoms with E-state index in [1.807, 2.05) is 32.4 Å². The van der Waals surface area contributed by atoms with Gasteiger partial charge in [-0.05, 0) is 33.8 Å². The van der Waals surface area contributed by atoms with Gasteiger partial charge in [0.05, 0.1) is 12.9 Å². The lowest BCUT2D eigenvalue weighted by Gasteiger charge is -2.37. The fourth-order valence-electron chi connectivity index (χ4n) is 3.61. The molecule has 0 aromatic carbocycles. The number of alkyl halides is 1. The van der Waals surface area contributed by atoms with Crippen LogP contribution in [0.15, 0.2) is 29.9 Å². The van der Waals surface area contributed by atoms with Gasteiger partial charge in [-0.25, -0.2) is 13.9 Å². The second kappa shape index (κ2) is 13.7. The first kappa shape index (κ1) is 28.9. The summed E-state index contributed by atoms with van der Waals surface area (Å²) in [5.74, 6) is 2.19. The summed E-state index contributed by atoms with van der Waals surface area (Å²) < 4.78 is 42.2. The van der Waals surface area contributed by atoms with Gasteiger partial charge in [0.1, 0.15) is 24.6 Å². The molecule has 0 radical (unpaired) electrons. The lowest BCUT2D eigenvalue weighted by atomic mass is 10.1. The van der Waals surface area contributed by atoms with Crippen LogP contribution in [-0.2, 0) is 23.3 Å². The lowest BCUT2D eigenvalue weighted by molar-refractivity contribution is -0.114. The highest BCUT2D eigenvalue weighted by Gasteiger charge is 2.50. The number of nitrogens with one attached hydrogen (secondary N) is 1. The molecule has 2 heterocycles. The van der Waals surface area contributed by atoms with Crippen molar-refractivity contribution in [3.05, 3.63) is 35.6 Å². The zero-order valence-corrected chi connectivity index (χ0v) is 21.6. The summed E-state index contributed by atoms with van der Waals surface area (Å²) in [6.07, 6.45) is 3.22. The molecule has 1 amide bonds. The van der Waals surface area contributed by atoms with Gasteiger partial charge in [0.15, 0.2) is 12.4 Å². The van der Waals surface area contributed by atoms with Crippen LogP contribution in [0.4, 0.5) is 10.2 Å². The number of amides is 1. The molecule has 35 heavy (non-hydrogen) atoms. The Morgan fingerprint density at radius 1 is 1.46 bits per heavy atom. The van der Waals surface area contributed by atoms with Gasteiger partial charge in [-0.1, -0.05) is 6.58 Å². The molecule has 1 N–H and O–H groups in total. The Bertz CT molecular complexity index is 945. The average Bonchev–Trinajstić information content (AvgIpc) is 3.06. The van der Waals surface area contributed by atoms with E-state index in [0.29, 0.717) is 6.42 Å². The van der Waals surface area contributed by atoms with E-state index in [0.717, 1.165) is 4.57 Å². The van der Waals surface area contributed by atoms with E-state index in [2.05, 4.69) is 22.8 Å². The summed E-state index contributed by atoms with van der Waals surface area (Å²) in [6, 6.07) is 1.47. The quantitative estimate of drug-likeness (QED) is 0.186. The van der Waals surface area contributed by atoms with Gasteiger partial charge >= 0.3 is 5.69 Å². The lowest BCUT2D eigenvalue weighted by Crippen LogP contribution is -2.39. The number of nitrogens with zero attached hydrogens (tertiary/aromatic N) is 3. The van der Waals surface area contributed by atoms with Gasteiger partial charge in [0, 0.05) is 31.6 Å². The smallest absolute Gasteiger partial charge is 0.351 e. The monoisotopic (exact) mass is 512 g/mol. The fraction of sp³-hybridized carbons (Fsp3) is 0.609. The van der Waals surface area contributed by atoms with Crippen LogP contribution < -0.4 is 11.0 Å². The Kier molecular flexibility index (Phi) is 11.3. The van der Waals surface area contributed by atoms with E-state index in [-0.39, 0.29) is 37.0 Å². The Labute approximate surface area is 206 Å². The molecule has 1 aliphatic heterocycles. The maximum Gasteiger partial charge on any atom is 0.351 e. The van der Waals surface area contributed by atoms with Gasteiger partial charge in [-0.3, -0.25) is 9.36 Å². The number of rotatable bonds is 13. The molecule has 1 fully saturated rings. The molecular weight excluding hydrogens is 478 g/mol. The molecule has 12 heteroatoms. The molecule has 5 unspecified atom stereocenters. The molecule has 1 saturated heterocycles. The minimum Gasteiger partial charge on any atom is -0.499 e. The van der Waals surface area contributed by atoms with Gasteiger partial charge in [0.25, 0.3) is 8.53 Å². The van der Waals surface area contributed by atoms with Crippen molar-refractivity contribution in [3.8, 4) is 12.3 Å². The summed E-state index contributed by atoms with van der Waals surface area (Å²) in [5.41, 5.74) is -0.786. The molecule has 5 atom stereocenters. The van der Waals surface area contributed by atoms with E-state index in [4.69, 9.17) is 24.9 Å². The van der Waals surface area contributed by atoms with Crippen LogP contribution in [0.5, 0.6) is 0 Å². The standard InChI is InChI=1S/C23H34FN4O6P/c1-8-10-13-32-35(28(15(3)4)16(5)6)34-21-18(14-31-9-2)33-22(20(21)24)27-12-11-19(25-17(7)29)26-23(27)30/h1,9,11-12,15-16,18,20-22H,2,10,13-14H2,3-7H3,(H,25,26,29,30). The van der Waals surface area contributed by atoms with Gasteiger partial charge in [0.2, 0.25) is 5.91 Å². The summed E-state index contributed by atoms with van der Waals surface area (Å²) in [6.45, 7) is 13.0.